The van der Waals surface area contributed by atoms with Crippen LogP contribution in [-0.2, 0) is 16.1 Å². The highest BCUT2D eigenvalue weighted by Gasteiger charge is 2.22. The van der Waals surface area contributed by atoms with Gasteiger partial charge in [-0.25, -0.2) is 4.98 Å². The lowest BCUT2D eigenvalue weighted by atomic mass is 10.2. The summed E-state index contributed by atoms with van der Waals surface area (Å²) in [5.74, 6) is 0.991. The van der Waals surface area contributed by atoms with Crippen LogP contribution >= 0.6 is 11.3 Å². The fourth-order valence-corrected chi connectivity index (χ4v) is 4.00. The van der Waals surface area contributed by atoms with Crippen LogP contribution in [0, 0.1) is 0 Å². The monoisotopic (exact) mass is 344 g/mol. The second kappa shape index (κ2) is 6.91. The van der Waals surface area contributed by atoms with Crippen LogP contribution in [0.25, 0.3) is 0 Å². The number of aromatic nitrogens is 1. The molecule has 3 heterocycles. The molecule has 126 valence electrons. The molecule has 24 heavy (non-hydrogen) atoms. The van der Waals surface area contributed by atoms with Crippen LogP contribution in [0.2, 0.25) is 0 Å². The Kier molecular flexibility index (Phi) is 4.49. The Morgan fingerprint density at radius 2 is 2.17 bits per heavy atom. The van der Waals surface area contributed by atoms with Gasteiger partial charge in [-0.3, -0.25) is 4.79 Å². The fraction of sp³-hybridized carbons (Fsp3) is 0.444. The van der Waals surface area contributed by atoms with E-state index in [0.717, 1.165) is 54.6 Å². The van der Waals surface area contributed by atoms with Gasteiger partial charge in [0.1, 0.15) is 23.5 Å². The molecule has 2 aliphatic heterocycles. The highest BCUT2D eigenvalue weighted by atomic mass is 32.1. The highest BCUT2D eigenvalue weighted by molar-refractivity contribution is 7.09. The van der Waals surface area contributed by atoms with Gasteiger partial charge >= 0.3 is 0 Å². The van der Waals surface area contributed by atoms with E-state index in [1.54, 1.807) is 11.3 Å². The molecule has 0 aliphatic carbocycles. The summed E-state index contributed by atoms with van der Waals surface area (Å²) in [5, 5.41) is 3.09. The molecular formula is C18H20N2O3S. The minimum Gasteiger partial charge on any atom is -0.487 e. The standard InChI is InChI=1S/C18H20N2O3S/c21-17-4-1-9-20(17)14-5-7-15(8-6-14)23-11-13-12-24-18(19-13)16-3-2-10-22-16/h5-8,12,16H,1-4,9-11H2/t16-/m0/s1. The minimum absolute atomic E-state index is 0.168. The van der Waals surface area contributed by atoms with Gasteiger partial charge in [0.2, 0.25) is 5.91 Å². The Balaban J connectivity index is 1.35. The third-order valence-corrected chi connectivity index (χ3v) is 5.37. The average molecular weight is 344 g/mol. The predicted molar refractivity (Wildman–Crippen MR) is 92.4 cm³/mol. The van der Waals surface area contributed by atoms with Gasteiger partial charge in [0.25, 0.3) is 0 Å². The molecule has 0 N–H and O–H groups in total. The Labute approximate surface area is 145 Å². The summed E-state index contributed by atoms with van der Waals surface area (Å²) in [6, 6.07) is 7.71. The first-order valence-corrected chi connectivity index (χ1v) is 9.27. The number of rotatable bonds is 5. The Hall–Kier alpha value is -1.92. The fourth-order valence-electron chi connectivity index (χ4n) is 3.11. The summed E-state index contributed by atoms with van der Waals surface area (Å²) in [5.41, 5.74) is 1.88. The minimum atomic E-state index is 0.168. The van der Waals surface area contributed by atoms with E-state index >= 15 is 0 Å². The first kappa shape index (κ1) is 15.6. The van der Waals surface area contributed by atoms with Gasteiger partial charge in [0.15, 0.2) is 0 Å². The molecule has 0 saturated carbocycles. The molecule has 2 aromatic rings. The largest absolute Gasteiger partial charge is 0.487 e. The van der Waals surface area contributed by atoms with E-state index in [9.17, 15) is 4.79 Å². The van der Waals surface area contributed by atoms with Crippen molar-refractivity contribution in [3.05, 3.63) is 40.3 Å². The Morgan fingerprint density at radius 3 is 2.88 bits per heavy atom. The lowest BCUT2D eigenvalue weighted by Crippen LogP contribution is -2.23. The van der Waals surface area contributed by atoms with E-state index in [2.05, 4.69) is 4.98 Å². The summed E-state index contributed by atoms with van der Waals surface area (Å²) in [7, 11) is 0. The zero-order valence-electron chi connectivity index (χ0n) is 13.4. The van der Waals surface area contributed by atoms with Crippen molar-refractivity contribution in [2.24, 2.45) is 0 Å². The lowest BCUT2D eigenvalue weighted by Gasteiger charge is -2.16. The molecule has 1 amide bonds. The lowest BCUT2D eigenvalue weighted by molar-refractivity contribution is -0.117. The number of carbonyl (C=O) groups excluding carboxylic acids is 1. The summed E-state index contributed by atoms with van der Waals surface area (Å²) < 4.78 is 11.5. The quantitative estimate of drug-likeness (QED) is 0.830. The number of nitrogens with zero attached hydrogens (tertiary/aromatic N) is 2. The van der Waals surface area contributed by atoms with E-state index < -0.39 is 0 Å². The zero-order chi connectivity index (χ0) is 16.4. The van der Waals surface area contributed by atoms with Crippen molar-refractivity contribution in [3.63, 3.8) is 0 Å². The molecule has 4 rings (SSSR count). The third kappa shape index (κ3) is 3.30. The average Bonchev–Trinajstić information content (AvgIpc) is 3.35. The predicted octanol–water partition coefficient (Wildman–Crippen LogP) is 3.70. The van der Waals surface area contributed by atoms with Gasteiger partial charge in [-0.15, -0.1) is 11.3 Å². The van der Waals surface area contributed by atoms with Gasteiger partial charge in [0, 0.05) is 30.6 Å². The maximum absolute atomic E-state index is 11.8. The van der Waals surface area contributed by atoms with Crippen molar-refractivity contribution in [3.8, 4) is 5.75 Å². The number of anilines is 1. The van der Waals surface area contributed by atoms with E-state index in [4.69, 9.17) is 9.47 Å². The van der Waals surface area contributed by atoms with Crippen molar-refractivity contribution in [1.82, 2.24) is 4.98 Å². The second-order valence-corrected chi connectivity index (χ2v) is 7.00. The van der Waals surface area contributed by atoms with Gasteiger partial charge in [-0.1, -0.05) is 0 Å². The van der Waals surface area contributed by atoms with Gasteiger partial charge in [-0.05, 0) is 43.5 Å². The number of benzene rings is 1. The zero-order valence-corrected chi connectivity index (χ0v) is 14.3. The first-order valence-electron chi connectivity index (χ1n) is 8.39. The topological polar surface area (TPSA) is 51.7 Å². The third-order valence-electron chi connectivity index (χ3n) is 4.38. The van der Waals surface area contributed by atoms with Gasteiger partial charge in [-0.2, -0.15) is 0 Å². The molecule has 1 aromatic heterocycles. The van der Waals surface area contributed by atoms with Crippen LogP contribution in [0.3, 0.4) is 0 Å². The van der Waals surface area contributed by atoms with E-state index in [1.165, 1.54) is 0 Å². The highest BCUT2D eigenvalue weighted by Crippen LogP contribution is 2.31. The number of hydrogen-bond donors (Lipinski definition) is 0. The number of ether oxygens (including phenoxy) is 2. The van der Waals surface area contributed by atoms with Crippen LogP contribution in [0.1, 0.15) is 42.5 Å². The summed E-state index contributed by atoms with van der Waals surface area (Å²) in [6.45, 7) is 2.09. The van der Waals surface area contributed by atoms with Crippen LogP contribution in [0.5, 0.6) is 5.75 Å². The second-order valence-electron chi connectivity index (χ2n) is 6.11. The van der Waals surface area contributed by atoms with Crippen LogP contribution in [0.15, 0.2) is 29.6 Å². The molecule has 0 radical (unpaired) electrons. The summed E-state index contributed by atoms with van der Waals surface area (Å²) in [6.07, 6.45) is 3.93. The van der Waals surface area contributed by atoms with Gasteiger partial charge in [0.05, 0.1) is 5.69 Å². The normalized spacial score (nSPS) is 20.8. The molecule has 2 saturated heterocycles. The molecule has 6 heteroatoms. The Bertz CT molecular complexity index is 707. The van der Waals surface area contributed by atoms with Crippen molar-refractivity contribution >= 4 is 22.9 Å². The molecule has 0 unspecified atom stereocenters. The maximum Gasteiger partial charge on any atom is 0.227 e. The molecule has 1 atom stereocenters. The van der Waals surface area contributed by atoms with Crippen molar-refractivity contribution in [2.45, 2.75) is 38.4 Å². The molecule has 5 nitrogen and oxygen atoms in total. The van der Waals surface area contributed by atoms with Crippen molar-refractivity contribution < 1.29 is 14.3 Å². The number of carbonyl (C=O) groups is 1. The number of thiazole rings is 1. The number of amides is 1. The summed E-state index contributed by atoms with van der Waals surface area (Å²) in [4.78, 5) is 18.2. The van der Waals surface area contributed by atoms with Crippen molar-refractivity contribution in [2.75, 3.05) is 18.1 Å². The van der Waals surface area contributed by atoms with E-state index in [-0.39, 0.29) is 12.0 Å². The molecule has 2 fully saturated rings. The molecule has 0 spiro atoms. The molecule has 0 bridgehead atoms. The number of hydrogen-bond acceptors (Lipinski definition) is 5. The summed E-state index contributed by atoms with van der Waals surface area (Å²) >= 11 is 1.64. The maximum atomic E-state index is 11.8. The van der Waals surface area contributed by atoms with E-state index in [1.807, 2.05) is 34.5 Å². The molecular weight excluding hydrogens is 324 g/mol. The molecule has 2 aliphatic rings. The van der Waals surface area contributed by atoms with Crippen LogP contribution in [0.4, 0.5) is 5.69 Å². The smallest absolute Gasteiger partial charge is 0.227 e. The van der Waals surface area contributed by atoms with Crippen LogP contribution < -0.4 is 9.64 Å². The first-order chi connectivity index (χ1) is 11.8. The Morgan fingerprint density at radius 1 is 1.29 bits per heavy atom. The SMILES string of the molecule is O=C1CCCN1c1ccc(OCc2csc([C@@H]3CCCO3)n2)cc1. The van der Waals surface area contributed by atoms with Crippen molar-refractivity contribution in [1.29, 1.82) is 0 Å². The van der Waals surface area contributed by atoms with Gasteiger partial charge < -0.3 is 14.4 Å². The molecule has 1 aromatic carbocycles. The van der Waals surface area contributed by atoms with E-state index in [0.29, 0.717) is 13.0 Å². The van der Waals surface area contributed by atoms with Crippen LogP contribution in [-0.4, -0.2) is 24.0 Å².